The van der Waals surface area contributed by atoms with Crippen molar-refractivity contribution in [3.63, 3.8) is 0 Å². The molecule has 0 atom stereocenters. The summed E-state index contributed by atoms with van der Waals surface area (Å²) in [5.41, 5.74) is 1.66. The molecule has 1 saturated carbocycles. The topological polar surface area (TPSA) is 37.4 Å². The van der Waals surface area contributed by atoms with Crippen LogP contribution in [0.1, 0.15) is 49.9 Å². The van der Waals surface area contributed by atoms with Crippen LogP contribution in [0, 0.1) is 0 Å². The van der Waals surface area contributed by atoms with E-state index >= 15 is 0 Å². The van der Waals surface area contributed by atoms with Gasteiger partial charge in [-0.25, -0.2) is 0 Å². The van der Waals surface area contributed by atoms with Crippen molar-refractivity contribution in [3.05, 3.63) is 23.8 Å². The third-order valence-electron chi connectivity index (χ3n) is 4.17. The van der Waals surface area contributed by atoms with Crippen LogP contribution in [0.3, 0.4) is 0 Å². The number of thioether (sulfide) groups is 1. The van der Waals surface area contributed by atoms with E-state index in [1.54, 1.807) is 17.8 Å². The first kappa shape index (κ1) is 13.7. The van der Waals surface area contributed by atoms with Gasteiger partial charge in [0, 0.05) is 16.5 Å². The van der Waals surface area contributed by atoms with Gasteiger partial charge in [-0.1, -0.05) is 12.8 Å². The molecule has 1 heterocycles. The van der Waals surface area contributed by atoms with E-state index in [4.69, 9.17) is 0 Å². The summed E-state index contributed by atoms with van der Waals surface area (Å²) in [6, 6.07) is 5.96. The fraction of sp³-hybridized carbons (Fsp3) is 0.500. The second-order valence-corrected chi connectivity index (χ2v) is 7.74. The van der Waals surface area contributed by atoms with Gasteiger partial charge in [0.1, 0.15) is 6.29 Å². The summed E-state index contributed by atoms with van der Waals surface area (Å²) < 4.78 is -0.461. The van der Waals surface area contributed by atoms with Gasteiger partial charge in [0.2, 0.25) is 5.91 Å². The molecule has 2 aliphatic rings. The molecule has 0 unspecified atom stereocenters. The molecule has 1 aliphatic heterocycles. The molecule has 1 aromatic rings. The van der Waals surface area contributed by atoms with E-state index in [0.717, 1.165) is 29.7 Å². The first-order chi connectivity index (χ1) is 9.53. The van der Waals surface area contributed by atoms with E-state index in [2.05, 4.69) is 0 Å². The summed E-state index contributed by atoms with van der Waals surface area (Å²) in [6.07, 6.45) is 5.43. The number of amides is 1. The lowest BCUT2D eigenvalue weighted by molar-refractivity contribution is -0.120. The highest BCUT2D eigenvalue weighted by atomic mass is 32.2. The van der Waals surface area contributed by atoms with Crippen LogP contribution in [0.2, 0.25) is 0 Å². The lowest BCUT2D eigenvalue weighted by atomic mass is 10.1. The zero-order chi connectivity index (χ0) is 14.3. The fourth-order valence-electron chi connectivity index (χ4n) is 3.13. The number of benzene rings is 1. The Morgan fingerprint density at radius 3 is 2.65 bits per heavy atom. The Morgan fingerprint density at radius 2 is 2.00 bits per heavy atom. The minimum absolute atomic E-state index is 0.195. The Balaban J connectivity index is 2.09. The molecule has 0 spiro atoms. The average Bonchev–Trinajstić information content (AvgIpc) is 2.93. The second kappa shape index (κ2) is 4.92. The number of anilines is 1. The maximum absolute atomic E-state index is 12.8. The number of carbonyl (C=O) groups excluding carboxylic acids is 2. The minimum Gasteiger partial charge on any atom is -0.307 e. The van der Waals surface area contributed by atoms with Crippen LogP contribution < -0.4 is 4.90 Å². The standard InChI is InChI=1S/C16H19NO2S/c1-16(2)15(19)17(12-5-3-4-6-12)13-8-7-11(10-18)9-14(13)20-16/h7-10,12H,3-6H2,1-2H3. The number of carbonyl (C=O) groups is 2. The van der Waals surface area contributed by atoms with Crippen LogP contribution in [0.5, 0.6) is 0 Å². The summed E-state index contributed by atoms with van der Waals surface area (Å²) in [7, 11) is 0. The molecule has 0 aromatic heterocycles. The van der Waals surface area contributed by atoms with Crippen LogP contribution in [-0.2, 0) is 4.79 Å². The molecule has 1 aliphatic carbocycles. The number of rotatable bonds is 2. The van der Waals surface area contributed by atoms with Gasteiger partial charge in [-0.2, -0.15) is 0 Å². The maximum atomic E-state index is 12.8. The van der Waals surface area contributed by atoms with E-state index in [1.165, 1.54) is 12.8 Å². The van der Waals surface area contributed by atoms with Gasteiger partial charge in [0.15, 0.2) is 0 Å². The van der Waals surface area contributed by atoms with Gasteiger partial charge < -0.3 is 4.90 Å². The minimum atomic E-state index is -0.461. The van der Waals surface area contributed by atoms with Crippen LogP contribution in [-0.4, -0.2) is 23.0 Å². The van der Waals surface area contributed by atoms with E-state index in [0.29, 0.717) is 11.6 Å². The Labute approximate surface area is 123 Å². The van der Waals surface area contributed by atoms with Crippen molar-refractivity contribution in [3.8, 4) is 0 Å². The molecule has 3 rings (SSSR count). The van der Waals surface area contributed by atoms with Crippen molar-refractivity contribution in [2.45, 2.75) is 55.2 Å². The highest BCUT2D eigenvalue weighted by molar-refractivity contribution is 8.01. The summed E-state index contributed by atoms with van der Waals surface area (Å²) in [5, 5.41) is 0. The molecule has 0 radical (unpaired) electrons. The molecule has 106 valence electrons. The highest BCUT2D eigenvalue weighted by Crippen LogP contribution is 2.47. The predicted molar refractivity (Wildman–Crippen MR) is 81.5 cm³/mol. The molecule has 0 bridgehead atoms. The fourth-order valence-corrected chi connectivity index (χ4v) is 4.33. The number of aldehydes is 1. The number of hydrogen-bond donors (Lipinski definition) is 0. The van der Waals surface area contributed by atoms with Crippen molar-refractivity contribution in [1.29, 1.82) is 0 Å². The Bertz CT molecular complexity index is 562. The first-order valence-corrected chi connectivity index (χ1v) is 7.96. The number of hydrogen-bond acceptors (Lipinski definition) is 3. The SMILES string of the molecule is CC1(C)Sc2cc(C=O)ccc2N(C2CCCC2)C1=O. The molecule has 1 amide bonds. The molecule has 4 heteroatoms. The summed E-state index contributed by atoms with van der Waals surface area (Å²) >= 11 is 1.56. The van der Waals surface area contributed by atoms with Crippen molar-refractivity contribution >= 4 is 29.6 Å². The Kier molecular flexibility index (Phi) is 3.36. The molecule has 20 heavy (non-hydrogen) atoms. The second-order valence-electron chi connectivity index (χ2n) is 6.07. The van der Waals surface area contributed by atoms with Gasteiger partial charge in [0.05, 0.1) is 10.4 Å². The molecular weight excluding hydrogens is 270 g/mol. The zero-order valence-corrected chi connectivity index (χ0v) is 12.7. The molecule has 0 saturated heterocycles. The third kappa shape index (κ3) is 2.16. The van der Waals surface area contributed by atoms with Crippen LogP contribution in [0.15, 0.2) is 23.1 Å². The van der Waals surface area contributed by atoms with Crippen molar-refractivity contribution in [1.82, 2.24) is 0 Å². The Morgan fingerprint density at radius 1 is 1.30 bits per heavy atom. The summed E-state index contributed by atoms with van der Waals surface area (Å²) in [6.45, 7) is 3.94. The van der Waals surface area contributed by atoms with Gasteiger partial charge in [-0.3, -0.25) is 9.59 Å². The van der Waals surface area contributed by atoms with Gasteiger partial charge in [0.25, 0.3) is 0 Å². The van der Waals surface area contributed by atoms with Gasteiger partial charge in [-0.15, -0.1) is 11.8 Å². The molecule has 1 fully saturated rings. The number of nitrogens with zero attached hydrogens (tertiary/aromatic N) is 1. The lowest BCUT2D eigenvalue weighted by Crippen LogP contribution is -2.50. The van der Waals surface area contributed by atoms with Gasteiger partial charge in [-0.05, 0) is 44.9 Å². The smallest absolute Gasteiger partial charge is 0.243 e. The van der Waals surface area contributed by atoms with E-state index in [9.17, 15) is 9.59 Å². The zero-order valence-electron chi connectivity index (χ0n) is 11.9. The predicted octanol–water partition coefficient (Wildman–Crippen LogP) is 3.66. The van der Waals surface area contributed by atoms with Crippen molar-refractivity contribution in [2.24, 2.45) is 0 Å². The van der Waals surface area contributed by atoms with E-state index in [1.807, 2.05) is 30.9 Å². The van der Waals surface area contributed by atoms with Crippen molar-refractivity contribution < 1.29 is 9.59 Å². The quantitative estimate of drug-likeness (QED) is 0.780. The first-order valence-electron chi connectivity index (χ1n) is 7.15. The maximum Gasteiger partial charge on any atom is 0.243 e. The van der Waals surface area contributed by atoms with Crippen LogP contribution >= 0.6 is 11.8 Å². The van der Waals surface area contributed by atoms with E-state index in [-0.39, 0.29) is 5.91 Å². The highest BCUT2D eigenvalue weighted by Gasteiger charge is 2.43. The Hall–Kier alpha value is -1.29. The molecule has 1 aromatic carbocycles. The van der Waals surface area contributed by atoms with Crippen LogP contribution in [0.4, 0.5) is 5.69 Å². The van der Waals surface area contributed by atoms with Crippen LogP contribution in [0.25, 0.3) is 0 Å². The largest absolute Gasteiger partial charge is 0.307 e. The van der Waals surface area contributed by atoms with Crippen molar-refractivity contribution in [2.75, 3.05) is 4.90 Å². The molecule has 3 nitrogen and oxygen atoms in total. The molecular formula is C16H19NO2S. The summed E-state index contributed by atoms with van der Waals surface area (Å²) in [5.74, 6) is 0.195. The van der Waals surface area contributed by atoms with Gasteiger partial charge >= 0.3 is 0 Å². The molecule has 0 N–H and O–H groups in total. The summed E-state index contributed by atoms with van der Waals surface area (Å²) in [4.78, 5) is 26.8. The average molecular weight is 289 g/mol. The monoisotopic (exact) mass is 289 g/mol. The lowest BCUT2D eigenvalue weighted by Gasteiger charge is -2.41. The normalized spacial score (nSPS) is 21.9. The number of fused-ring (bicyclic) bond motifs is 1. The third-order valence-corrected chi connectivity index (χ3v) is 5.40. The van der Waals surface area contributed by atoms with E-state index < -0.39 is 4.75 Å².